The predicted molar refractivity (Wildman–Crippen MR) is 80.1 cm³/mol. The van der Waals surface area contributed by atoms with Crippen molar-refractivity contribution < 1.29 is 4.84 Å². The molecule has 0 aromatic heterocycles. The predicted octanol–water partition coefficient (Wildman–Crippen LogP) is 3.75. The van der Waals surface area contributed by atoms with Crippen molar-refractivity contribution in [1.82, 2.24) is 0 Å². The maximum absolute atomic E-state index is 8.69. The van der Waals surface area contributed by atoms with E-state index in [1.54, 1.807) is 24.4 Å². The van der Waals surface area contributed by atoms with Crippen LogP contribution in [-0.2, 0) is 11.4 Å². The molecule has 0 radical (unpaired) electrons. The SMILES string of the molecule is C=Cc1ccc(CON=Cc2ccc(C#N)cc2)cc1. The lowest BCUT2D eigenvalue weighted by Crippen LogP contribution is -1.88. The van der Waals surface area contributed by atoms with E-state index >= 15 is 0 Å². The molecule has 0 aliphatic heterocycles. The third kappa shape index (κ3) is 3.82. The molecule has 0 N–H and O–H groups in total. The largest absolute Gasteiger partial charge is 0.391 e. The van der Waals surface area contributed by atoms with Crippen LogP contribution >= 0.6 is 0 Å². The van der Waals surface area contributed by atoms with Crippen LogP contribution in [0.25, 0.3) is 6.08 Å². The van der Waals surface area contributed by atoms with Crippen molar-refractivity contribution in [3.63, 3.8) is 0 Å². The average Bonchev–Trinajstić information content (AvgIpc) is 2.53. The van der Waals surface area contributed by atoms with Gasteiger partial charge in [-0.25, -0.2) is 0 Å². The highest BCUT2D eigenvalue weighted by Crippen LogP contribution is 2.07. The zero-order valence-electron chi connectivity index (χ0n) is 11.0. The summed E-state index contributed by atoms with van der Waals surface area (Å²) in [5, 5.41) is 12.6. The Morgan fingerprint density at radius 3 is 2.30 bits per heavy atom. The molecule has 0 unspecified atom stereocenters. The first-order valence-electron chi connectivity index (χ1n) is 6.18. The van der Waals surface area contributed by atoms with Crippen LogP contribution in [0.1, 0.15) is 22.3 Å². The fourth-order valence-electron chi connectivity index (χ4n) is 1.60. The minimum Gasteiger partial charge on any atom is -0.391 e. The fourth-order valence-corrected chi connectivity index (χ4v) is 1.60. The third-order valence-corrected chi connectivity index (χ3v) is 2.76. The standard InChI is InChI=1S/C17H14N2O/c1-2-14-3-9-17(10-4-14)13-20-19-12-16-7-5-15(11-18)6-8-16/h2-10,12H,1,13H2. The Morgan fingerprint density at radius 2 is 1.70 bits per heavy atom. The molecule has 0 bridgehead atoms. The number of oxime groups is 1. The number of hydrogen-bond acceptors (Lipinski definition) is 3. The van der Waals surface area contributed by atoms with Gasteiger partial charge in [-0.1, -0.05) is 54.2 Å². The first kappa shape index (κ1) is 13.6. The van der Waals surface area contributed by atoms with Gasteiger partial charge >= 0.3 is 0 Å². The van der Waals surface area contributed by atoms with Crippen LogP contribution in [0, 0.1) is 11.3 Å². The van der Waals surface area contributed by atoms with Crippen molar-refractivity contribution in [2.24, 2.45) is 5.16 Å². The van der Waals surface area contributed by atoms with E-state index < -0.39 is 0 Å². The molecule has 20 heavy (non-hydrogen) atoms. The fraction of sp³-hybridized carbons (Fsp3) is 0.0588. The molecule has 2 rings (SSSR count). The van der Waals surface area contributed by atoms with Crippen molar-refractivity contribution in [1.29, 1.82) is 5.26 Å². The van der Waals surface area contributed by atoms with Crippen molar-refractivity contribution >= 4 is 12.3 Å². The summed E-state index contributed by atoms with van der Waals surface area (Å²) >= 11 is 0. The highest BCUT2D eigenvalue weighted by molar-refractivity contribution is 5.79. The van der Waals surface area contributed by atoms with Gasteiger partial charge in [0.05, 0.1) is 17.8 Å². The monoisotopic (exact) mass is 262 g/mol. The van der Waals surface area contributed by atoms with Crippen LogP contribution in [-0.4, -0.2) is 6.21 Å². The summed E-state index contributed by atoms with van der Waals surface area (Å²) in [7, 11) is 0. The highest BCUT2D eigenvalue weighted by atomic mass is 16.6. The Balaban J connectivity index is 1.86. The third-order valence-electron chi connectivity index (χ3n) is 2.76. The molecule has 0 fully saturated rings. The van der Waals surface area contributed by atoms with E-state index in [-0.39, 0.29) is 0 Å². The summed E-state index contributed by atoms with van der Waals surface area (Å²) in [4.78, 5) is 5.23. The maximum Gasteiger partial charge on any atom is 0.142 e. The van der Waals surface area contributed by atoms with E-state index in [4.69, 9.17) is 10.1 Å². The normalized spacial score (nSPS) is 10.2. The van der Waals surface area contributed by atoms with E-state index in [9.17, 15) is 0 Å². The Hall–Kier alpha value is -2.86. The number of hydrogen-bond donors (Lipinski definition) is 0. The molecule has 0 heterocycles. The zero-order chi connectivity index (χ0) is 14.2. The molecule has 2 aromatic carbocycles. The molecule has 0 atom stereocenters. The summed E-state index contributed by atoms with van der Waals surface area (Å²) in [5.74, 6) is 0. The first-order chi connectivity index (χ1) is 9.81. The maximum atomic E-state index is 8.69. The Kier molecular flexibility index (Phi) is 4.69. The zero-order valence-corrected chi connectivity index (χ0v) is 11.0. The number of nitrogens with zero attached hydrogens (tertiary/aromatic N) is 2. The van der Waals surface area contributed by atoms with Gasteiger partial charge in [-0.05, 0) is 28.8 Å². The van der Waals surface area contributed by atoms with E-state index in [1.165, 1.54) is 0 Å². The van der Waals surface area contributed by atoms with Crippen LogP contribution in [0.4, 0.5) is 0 Å². The number of benzene rings is 2. The van der Waals surface area contributed by atoms with Gasteiger partial charge in [-0.3, -0.25) is 0 Å². The molecule has 3 heteroatoms. The van der Waals surface area contributed by atoms with E-state index in [0.717, 1.165) is 16.7 Å². The molecule has 0 aliphatic carbocycles. The van der Waals surface area contributed by atoms with Crippen LogP contribution < -0.4 is 0 Å². The van der Waals surface area contributed by atoms with Crippen molar-refractivity contribution in [2.45, 2.75) is 6.61 Å². The summed E-state index contributed by atoms with van der Waals surface area (Å²) < 4.78 is 0. The van der Waals surface area contributed by atoms with Crippen LogP contribution in [0.2, 0.25) is 0 Å². The minimum atomic E-state index is 0.421. The lowest BCUT2D eigenvalue weighted by atomic mass is 10.1. The quantitative estimate of drug-likeness (QED) is 0.608. The van der Waals surface area contributed by atoms with E-state index in [0.29, 0.717) is 12.2 Å². The summed E-state index contributed by atoms with van der Waals surface area (Å²) in [6.45, 7) is 4.13. The summed E-state index contributed by atoms with van der Waals surface area (Å²) in [6, 6.07) is 17.1. The van der Waals surface area contributed by atoms with E-state index in [1.807, 2.05) is 36.4 Å². The molecule has 0 spiro atoms. The van der Waals surface area contributed by atoms with Gasteiger partial charge in [0.2, 0.25) is 0 Å². The molecule has 2 aromatic rings. The van der Waals surface area contributed by atoms with E-state index in [2.05, 4.69) is 17.8 Å². The summed E-state index contributed by atoms with van der Waals surface area (Å²) in [5.41, 5.74) is 3.65. The number of rotatable bonds is 5. The topological polar surface area (TPSA) is 45.4 Å². The molecule has 0 aliphatic rings. The van der Waals surface area contributed by atoms with Crippen LogP contribution in [0.5, 0.6) is 0 Å². The molecule has 3 nitrogen and oxygen atoms in total. The molecule has 0 amide bonds. The van der Waals surface area contributed by atoms with Gasteiger partial charge in [0.1, 0.15) is 6.61 Å². The first-order valence-corrected chi connectivity index (χ1v) is 6.18. The number of nitriles is 1. The van der Waals surface area contributed by atoms with Crippen molar-refractivity contribution in [3.05, 3.63) is 77.4 Å². The van der Waals surface area contributed by atoms with Crippen LogP contribution in [0.15, 0.2) is 60.3 Å². The van der Waals surface area contributed by atoms with Gasteiger partial charge in [0, 0.05) is 0 Å². The van der Waals surface area contributed by atoms with Crippen molar-refractivity contribution in [3.8, 4) is 6.07 Å². The molecule has 0 saturated carbocycles. The average molecular weight is 262 g/mol. The molecular weight excluding hydrogens is 248 g/mol. The Morgan fingerprint density at radius 1 is 1.05 bits per heavy atom. The Bertz CT molecular complexity index is 634. The molecular formula is C17H14N2O. The van der Waals surface area contributed by atoms with Gasteiger partial charge in [-0.2, -0.15) is 5.26 Å². The van der Waals surface area contributed by atoms with Gasteiger partial charge in [-0.15, -0.1) is 0 Å². The van der Waals surface area contributed by atoms with Gasteiger partial charge in [0.15, 0.2) is 0 Å². The summed E-state index contributed by atoms with van der Waals surface area (Å²) in [6.07, 6.45) is 3.42. The minimum absolute atomic E-state index is 0.421. The van der Waals surface area contributed by atoms with Crippen LogP contribution in [0.3, 0.4) is 0 Å². The highest BCUT2D eigenvalue weighted by Gasteiger charge is 1.93. The van der Waals surface area contributed by atoms with Crippen molar-refractivity contribution in [2.75, 3.05) is 0 Å². The smallest absolute Gasteiger partial charge is 0.142 e. The Labute approximate surface area is 118 Å². The van der Waals surface area contributed by atoms with Gasteiger partial charge < -0.3 is 4.84 Å². The van der Waals surface area contributed by atoms with Gasteiger partial charge in [0.25, 0.3) is 0 Å². The second kappa shape index (κ2) is 6.91. The molecule has 98 valence electrons. The lowest BCUT2D eigenvalue weighted by molar-refractivity contribution is 0.132. The second-order valence-electron chi connectivity index (χ2n) is 4.19. The lowest BCUT2D eigenvalue weighted by Gasteiger charge is -2.00. The second-order valence-corrected chi connectivity index (χ2v) is 4.19. The molecule has 0 saturated heterocycles.